The van der Waals surface area contributed by atoms with Crippen LogP contribution >= 0.6 is 23.2 Å². The molecule has 1 atom stereocenters. The number of halogens is 2. The van der Waals surface area contributed by atoms with Crippen LogP contribution in [0.4, 0.5) is 5.69 Å². The molecule has 0 saturated heterocycles. The molecule has 21 heavy (non-hydrogen) atoms. The fraction of sp³-hybridized carbons (Fsp3) is 0.250. The van der Waals surface area contributed by atoms with Gasteiger partial charge in [0.25, 0.3) is 0 Å². The summed E-state index contributed by atoms with van der Waals surface area (Å²) in [7, 11) is 3.65. The molecule has 0 radical (unpaired) electrons. The lowest BCUT2D eigenvalue weighted by molar-refractivity contribution is 0.415. The molecule has 0 aliphatic carbocycles. The maximum atomic E-state index is 6.10. The zero-order chi connectivity index (χ0) is 15.4. The molecule has 2 N–H and O–H groups in total. The number of hydrogen-bond donors (Lipinski definition) is 1. The summed E-state index contributed by atoms with van der Waals surface area (Å²) < 4.78 is 5.17. The van der Waals surface area contributed by atoms with Crippen LogP contribution in [0.1, 0.15) is 11.6 Å². The second kappa shape index (κ2) is 7.03. The maximum Gasteiger partial charge on any atom is 0.119 e. The van der Waals surface area contributed by atoms with Gasteiger partial charge in [0.05, 0.1) is 23.2 Å². The fourth-order valence-electron chi connectivity index (χ4n) is 2.23. The van der Waals surface area contributed by atoms with Crippen LogP contribution in [0.2, 0.25) is 10.0 Å². The largest absolute Gasteiger partial charge is 0.497 e. The van der Waals surface area contributed by atoms with E-state index in [1.54, 1.807) is 13.2 Å². The van der Waals surface area contributed by atoms with Crippen LogP contribution in [0.5, 0.6) is 5.75 Å². The van der Waals surface area contributed by atoms with Crippen LogP contribution in [0.3, 0.4) is 0 Å². The average Bonchev–Trinajstić information content (AvgIpc) is 2.51. The number of benzene rings is 2. The molecule has 1 unspecified atom stereocenters. The monoisotopic (exact) mass is 324 g/mol. The third-order valence-electron chi connectivity index (χ3n) is 3.50. The summed E-state index contributed by atoms with van der Waals surface area (Å²) in [5.41, 5.74) is 8.03. The molecular weight excluding hydrogens is 307 g/mol. The van der Waals surface area contributed by atoms with Crippen LogP contribution in [0, 0.1) is 0 Å². The Morgan fingerprint density at radius 1 is 1.10 bits per heavy atom. The predicted molar refractivity (Wildman–Crippen MR) is 89.7 cm³/mol. The SMILES string of the molecule is COc1ccc(N(C)C(CN)c2ccc(Cl)c(Cl)c2)cc1. The lowest BCUT2D eigenvalue weighted by Gasteiger charge is -2.30. The molecule has 0 spiro atoms. The van der Waals surface area contributed by atoms with E-state index in [9.17, 15) is 0 Å². The lowest BCUT2D eigenvalue weighted by Crippen LogP contribution is -2.30. The third kappa shape index (κ3) is 3.62. The third-order valence-corrected chi connectivity index (χ3v) is 4.24. The molecule has 0 heterocycles. The van der Waals surface area contributed by atoms with Gasteiger partial charge in [-0.2, -0.15) is 0 Å². The Morgan fingerprint density at radius 2 is 1.76 bits per heavy atom. The van der Waals surface area contributed by atoms with E-state index in [0.717, 1.165) is 17.0 Å². The molecule has 3 nitrogen and oxygen atoms in total. The Morgan fingerprint density at radius 3 is 2.29 bits per heavy atom. The van der Waals surface area contributed by atoms with Gasteiger partial charge in [0, 0.05) is 19.3 Å². The van der Waals surface area contributed by atoms with Gasteiger partial charge in [0.2, 0.25) is 0 Å². The van der Waals surface area contributed by atoms with Crippen molar-refractivity contribution in [2.45, 2.75) is 6.04 Å². The highest BCUT2D eigenvalue weighted by atomic mass is 35.5. The van der Waals surface area contributed by atoms with Crippen molar-refractivity contribution in [3.05, 3.63) is 58.1 Å². The minimum Gasteiger partial charge on any atom is -0.497 e. The van der Waals surface area contributed by atoms with E-state index in [1.807, 2.05) is 43.4 Å². The molecular formula is C16H18Cl2N2O. The molecule has 0 saturated carbocycles. The first kappa shape index (κ1) is 16.0. The summed E-state index contributed by atoms with van der Waals surface area (Å²) in [6.45, 7) is 0.473. The number of methoxy groups -OCH3 is 1. The van der Waals surface area contributed by atoms with Gasteiger partial charge in [-0.25, -0.2) is 0 Å². The number of nitrogens with two attached hydrogens (primary N) is 1. The number of nitrogens with zero attached hydrogens (tertiary/aromatic N) is 1. The zero-order valence-corrected chi connectivity index (χ0v) is 13.5. The molecule has 0 fully saturated rings. The first-order valence-electron chi connectivity index (χ1n) is 6.58. The molecule has 0 aromatic heterocycles. The average molecular weight is 325 g/mol. The second-order valence-electron chi connectivity index (χ2n) is 4.73. The molecule has 2 rings (SSSR count). The summed E-state index contributed by atoms with van der Waals surface area (Å²) in [4.78, 5) is 2.11. The summed E-state index contributed by atoms with van der Waals surface area (Å²) in [5, 5.41) is 1.08. The van der Waals surface area contributed by atoms with Crippen LogP contribution < -0.4 is 15.4 Å². The first-order valence-corrected chi connectivity index (χ1v) is 7.34. The van der Waals surface area contributed by atoms with Crippen molar-refractivity contribution >= 4 is 28.9 Å². The van der Waals surface area contributed by atoms with Crippen LogP contribution in [-0.2, 0) is 0 Å². The Bertz CT molecular complexity index is 602. The van der Waals surface area contributed by atoms with E-state index in [0.29, 0.717) is 16.6 Å². The summed E-state index contributed by atoms with van der Waals surface area (Å²) in [5.74, 6) is 0.825. The smallest absolute Gasteiger partial charge is 0.119 e. The molecule has 2 aromatic rings. The number of anilines is 1. The Labute approximate surface area is 135 Å². The van der Waals surface area contributed by atoms with E-state index < -0.39 is 0 Å². The van der Waals surface area contributed by atoms with E-state index in [1.165, 1.54) is 0 Å². The van der Waals surface area contributed by atoms with Crippen LogP contribution in [0.25, 0.3) is 0 Å². The van der Waals surface area contributed by atoms with E-state index in [-0.39, 0.29) is 6.04 Å². The second-order valence-corrected chi connectivity index (χ2v) is 5.55. The van der Waals surface area contributed by atoms with Gasteiger partial charge in [-0.1, -0.05) is 29.3 Å². The van der Waals surface area contributed by atoms with Gasteiger partial charge in [0.1, 0.15) is 5.75 Å². The fourth-order valence-corrected chi connectivity index (χ4v) is 2.54. The van der Waals surface area contributed by atoms with Gasteiger partial charge in [-0.15, -0.1) is 0 Å². The zero-order valence-electron chi connectivity index (χ0n) is 12.0. The number of hydrogen-bond acceptors (Lipinski definition) is 3. The predicted octanol–water partition coefficient (Wildman–Crippen LogP) is 4.14. The summed E-state index contributed by atoms with van der Waals surface area (Å²) in [6, 6.07) is 13.5. The lowest BCUT2D eigenvalue weighted by atomic mass is 10.0. The Kier molecular flexibility index (Phi) is 5.34. The highest BCUT2D eigenvalue weighted by Gasteiger charge is 2.17. The van der Waals surface area contributed by atoms with Crippen molar-refractivity contribution < 1.29 is 4.74 Å². The molecule has 0 aliphatic rings. The first-order chi connectivity index (χ1) is 10.1. The van der Waals surface area contributed by atoms with Crippen molar-refractivity contribution in [1.29, 1.82) is 0 Å². The molecule has 0 bridgehead atoms. The Balaban J connectivity index is 2.28. The standard InChI is InChI=1S/C16H18Cl2N2O/c1-20(12-4-6-13(21-2)7-5-12)16(10-19)11-3-8-14(17)15(18)9-11/h3-9,16H,10,19H2,1-2H3. The van der Waals surface area contributed by atoms with Crippen LogP contribution in [-0.4, -0.2) is 20.7 Å². The highest BCUT2D eigenvalue weighted by Crippen LogP contribution is 2.30. The Hall–Kier alpha value is -1.42. The van der Waals surface area contributed by atoms with Gasteiger partial charge in [-0.05, 0) is 42.0 Å². The molecule has 2 aromatic carbocycles. The maximum absolute atomic E-state index is 6.10. The molecule has 112 valence electrons. The molecule has 5 heteroatoms. The van der Waals surface area contributed by atoms with Gasteiger partial charge in [-0.3, -0.25) is 0 Å². The number of rotatable bonds is 5. The van der Waals surface area contributed by atoms with Crippen molar-refractivity contribution in [2.75, 3.05) is 25.6 Å². The highest BCUT2D eigenvalue weighted by molar-refractivity contribution is 6.42. The van der Waals surface area contributed by atoms with Gasteiger partial charge < -0.3 is 15.4 Å². The summed E-state index contributed by atoms with van der Waals surface area (Å²) >= 11 is 12.1. The van der Waals surface area contributed by atoms with Gasteiger partial charge in [0.15, 0.2) is 0 Å². The minimum absolute atomic E-state index is 0.0214. The van der Waals surface area contributed by atoms with E-state index in [4.69, 9.17) is 33.7 Å². The molecule has 0 amide bonds. The van der Waals surface area contributed by atoms with Crippen LogP contribution in [0.15, 0.2) is 42.5 Å². The van der Waals surface area contributed by atoms with Crippen molar-refractivity contribution in [3.8, 4) is 5.75 Å². The molecule has 0 aliphatic heterocycles. The van der Waals surface area contributed by atoms with Crippen molar-refractivity contribution in [1.82, 2.24) is 0 Å². The summed E-state index contributed by atoms with van der Waals surface area (Å²) in [6.07, 6.45) is 0. The minimum atomic E-state index is 0.0214. The van der Waals surface area contributed by atoms with Crippen molar-refractivity contribution in [3.63, 3.8) is 0 Å². The van der Waals surface area contributed by atoms with E-state index in [2.05, 4.69) is 4.90 Å². The quantitative estimate of drug-likeness (QED) is 0.898. The normalized spacial score (nSPS) is 12.0. The van der Waals surface area contributed by atoms with Crippen molar-refractivity contribution in [2.24, 2.45) is 5.73 Å². The van der Waals surface area contributed by atoms with E-state index >= 15 is 0 Å². The topological polar surface area (TPSA) is 38.5 Å². The number of likely N-dealkylation sites (N-methyl/N-ethyl adjacent to an activating group) is 1. The van der Waals surface area contributed by atoms with Gasteiger partial charge >= 0.3 is 0 Å². The number of ether oxygens (including phenoxy) is 1.